The average Bonchev–Trinajstić information content (AvgIpc) is 2.37. The molecule has 124 valence electrons. The minimum absolute atomic E-state index is 0.0810. The van der Waals surface area contributed by atoms with Gasteiger partial charge in [-0.2, -0.15) is 0 Å². The van der Waals surface area contributed by atoms with E-state index >= 15 is 0 Å². The number of ether oxygens (including phenoxy) is 2. The molecule has 1 atom stereocenters. The Labute approximate surface area is 125 Å². The number of hydrogen-bond donors (Lipinski definition) is 3. The van der Waals surface area contributed by atoms with Crippen molar-refractivity contribution in [2.45, 2.75) is 12.5 Å². The van der Waals surface area contributed by atoms with Crippen LogP contribution < -0.4 is 11.1 Å². The summed E-state index contributed by atoms with van der Waals surface area (Å²) in [6.07, 6.45) is 0.172. The van der Waals surface area contributed by atoms with Gasteiger partial charge in [-0.15, -0.1) is 0 Å². The first kappa shape index (κ1) is 19.8. The van der Waals surface area contributed by atoms with E-state index in [0.29, 0.717) is 19.8 Å². The van der Waals surface area contributed by atoms with E-state index in [1.54, 1.807) is 0 Å². The molecule has 4 N–H and O–H groups in total. The molecule has 1 unspecified atom stereocenters. The third-order valence-electron chi connectivity index (χ3n) is 2.59. The number of quaternary nitrogens is 1. The number of likely N-dealkylation sites (N-methyl/N-ethyl adjacent to an activating group) is 1. The maximum Gasteiger partial charge on any atom is 0.322 e. The fourth-order valence-electron chi connectivity index (χ4n) is 1.22. The van der Waals surface area contributed by atoms with Crippen molar-refractivity contribution in [1.29, 1.82) is 0 Å². The minimum atomic E-state index is -1.14. The molecule has 0 aliphatic rings. The second-order valence-electron chi connectivity index (χ2n) is 5.74. The molecular formula is C13H28N3O5+. The highest BCUT2D eigenvalue weighted by molar-refractivity contribution is 5.78. The van der Waals surface area contributed by atoms with Crippen LogP contribution in [0, 0.1) is 0 Å². The summed E-state index contributed by atoms with van der Waals surface area (Å²) in [4.78, 5) is 21.8. The maximum atomic E-state index is 11.3. The molecule has 8 nitrogen and oxygen atoms in total. The minimum Gasteiger partial charge on any atom is -0.480 e. The Morgan fingerprint density at radius 3 is 2.24 bits per heavy atom. The van der Waals surface area contributed by atoms with Crippen LogP contribution in [0.3, 0.4) is 0 Å². The topological polar surface area (TPSA) is 111 Å². The van der Waals surface area contributed by atoms with Gasteiger partial charge in [0.15, 0.2) is 0 Å². The number of carbonyl (C=O) groups is 2. The maximum absolute atomic E-state index is 11.3. The van der Waals surface area contributed by atoms with Crippen LogP contribution in [-0.4, -0.2) is 88.2 Å². The number of nitrogens with zero attached hydrogens (tertiary/aromatic N) is 1. The van der Waals surface area contributed by atoms with Crippen molar-refractivity contribution in [3.8, 4) is 0 Å². The van der Waals surface area contributed by atoms with Gasteiger partial charge in [0.1, 0.15) is 12.6 Å². The van der Waals surface area contributed by atoms with Crippen LogP contribution in [0.2, 0.25) is 0 Å². The Kier molecular flexibility index (Phi) is 9.89. The van der Waals surface area contributed by atoms with Crippen LogP contribution >= 0.6 is 0 Å². The number of carbonyl (C=O) groups excluding carboxylic acids is 1. The van der Waals surface area contributed by atoms with E-state index < -0.39 is 12.0 Å². The molecule has 0 heterocycles. The lowest BCUT2D eigenvalue weighted by molar-refractivity contribution is -0.870. The largest absolute Gasteiger partial charge is 0.480 e. The number of carboxylic acids is 1. The lowest BCUT2D eigenvalue weighted by atomic mass is 10.3. The molecule has 0 radical (unpaired) electrons. The number of aliphatic carboxylic acids is 1. The Balaban J connectivity index is 3.39. The zero-order valence-corrected chi connectivity index (χ0v) is 13.1. The van der Waals surface area contributed by atoms with Crippen LogP contribution in [0.1, 0.15) is 6.42 Å². The summed E-state index contributed by atoms with van der Waals surface area (Å²) in [6.45, 7) is 2.70. The van der Waals surface area contributed by atoms with Crippen LogP contribution in [0.15, 0.2) is 0 Å². The van der Waals surface area contributed by atoms with E-state index in [1.165, 1.54) is 0 Å². The van der Waals surface area contributed by atoms with E-state index in [4.69, 9.17) is 20.3 Å². The molecule has 21 heavy (non-hydrogen) atoms. The highest BCUT2D eigenvalue weighted by Gasteiger charge is 2.12. The molecule has 0 aliphatic heterocycles. The average molecular weight is 306 g/mol. The van der Waals surface area contributed by atoms with Gasteiger partial charge in [-0.3, -0.25) is 9.59 Å². The number of carboxylic acid groups (broad SMARTS) is 1. The van der Waals surface area contributed by atoms with Gasteiger partial charge in [0.05, 0.1) is 47.6 Å². The van der Waals surface area contributed by atoms with Gasteiger partial charge in [0, 0.05) is 13.0 Å². The smallest absolute Gasteiger partial charge is 0.322 e. The summed E-state index contributed by atoms with van der Waals surface area (Å²) >= 11 is 0. The van der Waals surface area contributed by atoms with Gasteiger partial charge >= 0.3 is 5.97 Å². The molecule has 0 fully saturated rings. The number of hydrogen-bond acceptors (Lipinski definition) is 5. The zero-order valence-electron chi connectivity index (χ0n) is 13.1. The fourth-order valence-corrected chi connectivity index (χ4v) is 1.22. The Morgan fingerprint density at radius 1 is 1.14 bits per heavy atom. The third-order valence-corrected chi connectivity index (χ3v) is 2.59. The summed E-state index contributed by atoms with van der Waals surface area (Å²) in [7, 11) is 6.28. The molecule has 0 aromatic carbocycles. The highest BCUT2D eigenvalue weighted by atomic mass is 16.5. The first-order valence-corrected chi connectivity index (χ1v) is 6.93. The highest BCUT2D eigenvalue weighted by Crippen LogP contribution is 1.90. The molecule has 0 bridgehead atoms. The lowest BCUT2D eigenvalue weighted by Crippen LogP contribution is -2.42. The molecule has 0 saturated heterocycles. The van der Waals surface area contributed by atoms with Gasteiger partial charge in [0.25, 0.3) is 0 Å². The van der Waals surface area contributed by atoms with Gasteiger partial charge in [0.2, 0.25) is 5.91 Å². The summed E-state index contributed by atoms with van der Waals surface area (Å²) in [5.74, 6) is -1.42. The van der Waals surface area contributed by atoms with E-state index in [9.17, 15) is 9.59 Å². The predicted octanol–water partition coefficient (Wildman–Crippen LogP) is -1.36. The van der Waals surface area contributed by atoms with E-state index in [-0.39, 0.29) is 25.5 Å². The second-order valence-corrected chi connectivity index (χ2v) is 5.74. The molecule has 0 aromatic rings. The molecule has 0 saturated carbocycles. The SMILES string of the molecule is C[N+](C)(C)CCOCCOCCC(=O)NCC(N)C(=O)O. The second kappa shape index (κ2) is 10.5. The third kappa shape index (κ3) is 13.5. The first-order valence-electron chi connectivity index (χ1n) is 6.93. The number of rotatable bonds is 12. The quantitative estimate of drug-likeness (QED) is 0.303. The summed E-state index contributed by atoms with van der Waals surface area (Å²) in [5.41, 5.74) is 5.25. The van der Waals surface area contributed by atoms with E-state index in [2.05, 4.69) is 26.5 Å². The Hall–Kier alpha value is -1.22. The van der Waals surface area contributed by atoms with Crippen molar-refractivity contribution >= 4 is 11.9 Å². The van der Waals surface area contributed by atoms with E-state index in [0.717, 1.165) is 11.0 Å². The monoisotopic (exact) mass is 306 g/mol. The van der Waals surface area contributed by atoms with E-state index in [1.807, 2.05) is 0 Å². The Bertz CT molecular complexity index is 317. The normalized spacial score (nSPS) is 13.0. The molecule has 0 aromatic heterocycles. The molecule has 0 spiro atoms. The summed E-state index contributed by atoms with van der Waals surface area (Å²) < 4.78 is 11.5. The van der Waals surface area contributed by atoms with Crippen molar-refractivity contribution in [2.24, 2.45) is 5.73 Å². The van der Waals surface area contributed by atoms with Gasteiger partial charge in [-0.05, 0) is 0 Å². The van der Waals surface area contributed by atoms with Crippen LogP contribution in [0.4, 0.5) is 0 Å². The van der Waals surface area contributed by atoms with Crippen molar-refractivity contribution in [3.63, 3.8) is 0 Å². The number of amides is 1. The fraction of sp³-hybridized carbons (Fsp3) is 0.846. The van der Waals surface area contributed by atoms with Gasteiger partial charge in [-0.1, -0.05) is 0 Å². The predicted molar refractivity (Wildman–Crippen MR) is 77.8 cm³/mol. The molecule has 0 aliphatic carbocycles. The van der Waals surface area contributed by atoms with Crippen molar-refractivity contribution in [1.82, 2.24) is 5.32 Å². The summed E-state index contributed by atoms with van der Waals surface area (Å²) in [6, 6.07) is -1.08. The van der Waals surface area contributed by atoms with Crippen molar-refractivity contribution in [2.75, 3.05) is 60.7 Å². The standard InChI is InChI=1S/C13H27N3O5/c1-16(2,3)5-7-21-9-8-20-6-4-12(17)15-10-11(14)13(18)19/h11H,4-10,14H2,1-3H3,(H-,15,17,18,19)/p+1. The van der Waals surface area contributed by atoms with Gasteiger partial charge < -0.3 is 30.1 Å². The van der Waals surface area contributed by atoms with Crippen LogP contribution in [-0.2, 0) is 19.1 Å². The number of nitrogens with two attached hydrogens (primary N) is 1. The molecule has 1 amide bonds. The van der Waals surface area contributed by atoms with Gasteiger partial charge in [-0.25, -0.2) is 0 Å². The number of nitrogens with one attached hydrogen (secondary N) is 1. The lowest BCUT2D eigenvalue weighted by Gasteiger charge is -2.23. The summed E-state index contributed by atoms with van der Waals surface area (Å²) in [5, 5.41) is 11.0. The van der Waals surface area contributed by atoms with Crippen LogP contribution in [0.25, 0.3) is 0 Å². The molecular weight excluding hydrogens is 278 g/mol. The molecule has 8 heteroatoms. The Morgan fingerprint density at radius 2 is 1.71 bits per heavy atom. The van der Waals surface area contributed by atoms with Crippen molar-refractivity contribution in [3.05, 3.63) is 0 Å². The van der Waals surface area contributed by atoms with Crippen LogP contribution in [0.5, 0.6) is 0 Å². The zero-order chi connectivity index (χ0) is 16.3. The molecule has 0 rings (SSSR count). The van der Waals surface area contributed by atoms with Crippen molar-refractivity contribution < 1.29 is 28.7 Å². The first-order chi connectivity index (χ1) is 9.72.